The number of hydrogen-bond acceptors (Lipinski definition) is 6. The molecule has 0 fully saturated rings. The number of aryl methyl sites for hydroxylation is 2. The fraction of sp³-hybridized carbons (Fsp3) is 0.385. The molecule has 2 heterocycles. The molecular formula is C13H16N6O. The van der Waals surface area contributed by atoms with E-state index in [1.807, 2.05) is 6.92 Å². The molecule has 2 N–H and O–H groups in total. The van der Waals surface area contributed by atoms with Crippen molar-refractivity contribution in [1.82, 2.24) is 20.0 Å². The maximum absolute atomic E-state index is 10.0. The zero-order valence-electron chi connectivity index (χ0n) is 11.6. The van der Waals surface area contributed by atoms with E-state index in [0.717, 1.165) is 11.3 Å². The zero-order valence-corrected chi connectivity index (χ0v) is 11.6. The highest BCUT2D eigenvalue weighted by Gasteiger charge is 2.14. The normalized spacial score (nSPS) is 11.9. The minimum absolute atomic E-state index is 0.234. The number of rotatable bonds is 4. The van der Waals surface area contributed by atoms with Gasteiger partial charge in [-0.3, -0.25) is 4.68 Å². The van der Waals surface area contributed by atoms with Crippen molar-refractivity contribution < 1.29 is 5.11 Å². The third kappa shape index (κ3) is 2.75. The summed E-state index contributed by atoms with van der Waals surface area (Å²) in [5, 5.41) is 34.1. The summed E-state index contributed by atoms with van der Waals surface area (Å²) in [6.07, 6.45) is 2.62. The molecule has 1 unspecified atom stereocenters. The molecule has 0 radical (unpaired) electrons. The first-order valence-corrected chi connectivity index (χ1v) is 6.17. The third-order valence-corrected chi connectivity index (χ3v) is 3.14. The van der Waals surface area contributed by atoms with Crippen molar-refractivity contribution in [1.29, 1.82) is 5.26 Å². The van der Waals surface area contributed by atoms with E-state index in [-0.39, 0.29) is 6.54 Å². The van der Waals surface area contributed by atoms with Gasteiger partial charge in [-0.15, -0.1) is 5.10 Å². The van der Waals surface area contributed by atoms with Crippen LogP contribution < -0.4 is 5.32 Å². The monoisotopic (exact) mass is 272 g/mol. The summed E-state index contributed by atoms with van der Waals surface area (Å²) < 4.78 is 1.62. The fourth-order valence-electron chi connectivity index (χ4n) is 1.79. The Morgan fingerprint density at radius 1 is 1.45 bits per heavy atom. The van der Waals surface area contributed by atoms with Gasteiger partial charge in [0.1, 0.15) is 11.6 Å². The van der Waals surface area contributed by atoms with Gasteiger partial charge in [-0.1, -0.05) is 0 Å². The Bertz CT molecular complexity index is 657. The molecule has 7 heteroatoms. The number of aliphatic hydroxyl groups excluding tert-OH is 1. The van der Waals surface area contributed by atoms with Crippen LogP contribution in [0.4, 0.5) is 5.82 Å². The molecule has 0 aromatic carbocycles. The molecule has 1 atom stereocenters. The second-order valence-electron chi connectivity index (χ2n) is 4.59. The van der Waals surface area contributed by atoms with Gasteiger partial charge in [-0.2, -0.15) is 15.5 Å². The van der Waals surface area contributed by atoms with Gasteiger partial charge in [0.15, 0.2) is 5.82 Å². The average molecular weight is 272 g/mol. The Morgan fingerprint density at radius 2 is 2.20 bits per heavy atom. The number of nitriles is 1. The topological polar surface area (TPSA) is 99.7 Å². The summed E-state index contributed by atoms with van der Waals surface area (Å²) in [7, 11) is 1.78. The Kier molecular flexibility index (Phi) is 3.96. The van der Waals surface area contributed by atoms with Crippen molar-refractivity contribution in [3.8, 4) is 6.07 Å². The van der Waals surface area contributed by atoms with Crippen LogP contribution in [-0.4, -0.2) is 31.6 Å². The van der Waals surface area contributed by atoms with Gasteiger partial charge in [-0.25, -0.2) is 0 Å². The minimum atomic E-state index is -0.723. The smallest absolute Gasteiger partial charge is 0.167 e. The van der Waals surface area contributed by atoms with Crippen molar-refractivity contribution in [2.24, 2.45) is 7.05 Å². The van der Waals surface area contributed by atoms with Crippen LogP contribution in [-0.2, 0) is 7.05 Å². The molecule has 0 aliphatic carbocycles. The lowest BCUT2D eigenvalue weighted by atomic mass is 10.1. The van der Waals surface area contributed by atoms with Crippen molar-refractivity contribution >= 4 is 5.82 Å². The van der Waals surface area contributed by atoms with E-state index in [9.17, 15) is 10.4 Å². The standard InChI is InChI=1S/C13H16N6O/c1-8-9(2)17-18-13(11(8)4-14)15-6-12(20)10-5-16-19(3)7-10/h5,7,12,20H,6H2,1-3H3,(H,15,18). The summed E-state index contributed by atoms with van der Waals surface area (Å²) in [4.78, 5) is 0. The van der Waals surface area contributed by atoms with Crippen LogP contribution in [0.1, 0.15) is 28.5 Å². The number of hydrogen-bond donors (Lipinski definition) is 2. The number of nitrogens with zero attached hydrogens (tertiary/aromatic N) is 5. The second kappa shape index (κ2) is 5.67. The largest absolute Gasteiger partial charge is 0.386 e. The highest BCUT2D eigenvalue weighted by atomic mass is 16.3. The predicted octanol–water partition coefficient (Wildman–Crippen LogP) is 0.844. The highest BCUT2D eigenvalue weighted by molar-refractivity contribution is 5.55. The van der Waals surface area contributed by atoms with Gasteiger partial charge in [0.2, 0.25) is 0 Å². The molecular weight excluding hydrogens is 256 g/mol. The summed E-state index contributed by atoms with van der Waals surface area (Å²) in [5.41, 5.74) is 2.67. The van der Waals surface area contributed by atoms with Crippen molar-refractivity contribution in [3.05, 3.63) is 34.8 Å². The average Bonchev–Trinajstić information content (AvgIpc) is 2.86. The van der Waals surface area contributed by atoms with Gasteiger partial charge in [0.05, 0.1) is 18.0 Å². The summed E-state index contributed by atoms with van der Waals surface area (Å²) in [6.45, 7) is 3.86. The van der Waals surface area contributed by atoms with Gasteiger partial charge in [-0.05, 0) is 19.4 Å². The first-order chi connectivity index (χ1) is 9.52. The second-order valence-corrected chi connectivity index (χ2v) is 4.59. The first kappa shape index (κ1) is 14.0. The molecule has 20 heavy (non-hydrogen) atoms. The highest BCUT2D eigenvalue weighted by Crippen LogP contribution is 2.18. The molecule has 0 bridgehead atoms. The van der Waals surface area contributed by atoms with Gasteiger partial charge in [0, 0.05) is 25.4 Å². The molecule has 0 saturated carbocycles. The van der Waals surface area contributed by atoms with Crippen LogP contribution in [0.3, 0.4) is 0 Å². The Morgan fingerprint density at radius 3 is 2.80 bits per heavy atom. The van der Waals surface area contributed by atoms with Crippen LogP contribution in [0.15, 0.2) is 12.4 Å². The maximum Gasteiger partial charge on any atom is 0.167 e. The fourth-order valence-corrected chi connectivity index (χ4v) is 1.79. The lowest BCUT2D eigenvalue weighted by Gasteiger charge is -2.12. The number of anilines is 1. The van der Waals surface area contributed by atoms with Gasteiger partial charge >= 0.3 is 0 Å². The van der Waals surface area contributed by atoms with Crippen LogP contribution in [0.2, 0.25) is 0 Å². The molecule has 2 aromatic rings. The van der Waals surface area contributed by atoms with E-state index < -0.39 is 6.10 Å². The van der Waals surface area contributed by atoms with E-state index in [4.69, 9.17) is 0 Å². The SMILES string of the molecule is Cc1nnc(NCC(O)c2cnn(C)c2)c(C#N)c1C. The molecule has 0 aliphatic rings. The maximum atomic E-state index is 10.0. The predicted molar refractivity (Wildman–Crippen MR) is 72.9 cm³/mol. The molecule has 0 amide bonds. The van der Waals surface area contributed by atoms with Crippen molar-refractivity contribution in [3.63, 3.8) is 0 Å². The summed E-state index contributed by atoms with van der Waals surface area (Å²) in [6, 6.07) is 2.11. The molecule has 7 nitrogen and oxygen atoms in total. The molecule has 0 spiro atoms. The Hall–Kier alpha value is -2.46. The Labute approximate surface area is 116 Å². The van der Waals surface area contributed by atoms with E-state index >= 15 is 0 Å². The van der Waals surface area contributed by atoms with Crippen LogP contribution in [0.5, 0.6) is 0 Å². The van der Waals surface area contributed by atoms with Gasteiger partial charge < -0.3 is 10.4 Å². The molecule has 2 aromatic heterocycles. The molecule has 0 saturated heterocycles. The van der Waals surface area contributed by atoms with E-state index in [0.29, 0.717) is 16.9 Å². The molecule has 104 valence electrons. The van der Waals surface area contributed by atoms with Gasteiger partial charge in [0.25, 0.3) is 0 Å². The quantitative estimate of drug-likeness (QED) is 0.855. The number of aliphatic hydroxyl groups is 1. The summed E-state index contributed by atoms with van der Waals surface area (Å²) >= 11 is 0. The molecule has 2 rings (SSSR count). The van der Waals surface area contributed by atoms with E-state index in [1.54, 1.807) is 31.0 Å². The number of nitrogens with one attached hydrogen (secondary N) is 1. The van der Waals surface area contributed by atoms with Crippen LogP contribution >= 0.6 is 0 Å². The lowest BCUT2D eigenvalue weighted by Crippen LogP contribution is -2.15. The lowest BCUT2D eigenvalue weighted by molar-refractivity contribution is 0.191. The van der Waals surface area contributed by atoms with E-state index in [1.165, 1.54) is 0 Å². The first-order valence-electron chi connectivity index (χ1n) is 6.17. The Balaban J connectivity index is 2.12. The summed E-state index contributed by atoms with van der Waals surface area (Å²) in [5.74, 6) is 0.388. The minimum Gasteiger partial charge on any atom is -0.386 e. The van der Waals surface area contributed by atoms with Crippen molar-refractivity contribution in [2.45, 2.75) is 20.0 Å². The van der Waals surface area contributed by atoms with E-state index in [2.05, 4.69) is 26.7 Å². The van der Waals surface area contributed by atoms with Crippen LogP contribution in [0, 0.1) is 25.2 Å². The van der Waals surface area contributed by atoms with Crippen LogP contribution in [0.25, 0.3) is 0 Å². The van der Waals surface area contributed by atoms with Crippen molar-refractivity contribution in [2.75, 3.05) is 11.9 Å². The number of aromatic nitrogens is 4. The third-order valence-electron chi connectivity index (χ3n) is 3.14. The molecule has 0 aliphatic heterocycles. The zero-order chi connectivity index (χ0) is 14.7.